The van der Waals surface area contributed by atoms with Gasteiger partial charge in [0.2, 0.25) is 0 Å². The highest BCUT2D eigenvalue weighted by Gasteiger charge is 2.02. The normalized spacial score (nSPS) is 10.2. The first-order valence-electron chi connectivity index (χ1n) is 3.84. The Labute approximate surface area is 86.6 Å². The van der Waals surface area contributed by atoms with Gasteiger partial charge in [0.1, 0.15) is 12.5 Å². The van der Waals surface area contributed by atoms with Crippen molar-refractivity contribution in [3.05, 3.63) is 42.9 Å². The molecule has 0 aliphatic rings. The van der Waals surface area contributed by atoms with Crippen molar-refractivity contribution in [2.75, 3.05) is 0 Å². The molecule has 0 aliphatic carbocycles. The van der Waals surface area contributed by atoms with Gasteiger partial charge in [-0.3, -0.25) is 0 Å². The first kappa shape index (κ1) is 8.78. The van der Waals surface area contributed by atoms with Gasteiger partial charge in [-0.2, -0.15) is 0 Å². The predicted octanol–water partition coefficient (Wildman–Crippen LogP) is 3.72. The molecule has 0 aliphatic heterocycles. The molecule has 1 aromatic heterocycles. The van der Waals surface area contributed by atoms with Gasteiger partial charge in [0.05, 0.1) is 9.79 Å². The van der Waals surface area contributed by atoms with Crippen molar-refractivity contribution in [3.8, 4) is 0 Å². The molecule has 1 heterocycles. The SMILES string of the molecule is Sc1cocc1Sc1ccccc1. The summed E-state index contributed by atoms with van der Waals surface area (Å²) in [5.74, 6) is 0. The first-order valence-corrected chi connectivity index (χ1v) is 5.11. The fourth-order valence-corrected chi connectivity index (χ4v) is 2.02. The van der Waals surface area contributed by atoms with Gasteiger partial charge in [-0.25, -0.2) is 0 Å². The van der Waals surface area contributed by atoms with Crippen LogP contribution in [-0.2, 0) is 0 Å². The van der Waals surface area contributed by atoms with Crippen LogP contribution in [-0.4, -0.2) is 0 Å². The van der Waals surface area contributed by atoms with Gasteiger partial charge < -0.3 is 4.42 Å². The van der Waals surface area contributed by atoms with Crippen LogP contribution in [0.3, 0.4) is 0 Å². The van der Waals surface area contributed by atoms with Crippen LogP contribution in [0.4, 0.5) is 0 Å². The minimum atomic E-state index is 0.883. The van der Waals surface area contributed by atoms with Gasteiger partial charge in [-0.05, 0) is 12.1 Å². The summed E-state index contributed by atoms with van der Waals surface area (Å²) in [7, 11) is 0. The summed E-state index contributed by atoms with van der Waals surface area (Å²) in [5.41, 5.74) is 0. The number of furan rings is 1. The van der Waals surface area contributed by atoms with E-state index in [1.807, 2.05) is 18.2 Å². The zero-order chi connectivity index (χ0) is 9.10. The van der Waals surface area contributed by atoms with Gasteiger partial charge in [0, 0.05) is 4.90 Å². The number of rotatable bonds is 2. The Morgan fingerprint density at radius 1 is 1.08 bits per heavy atom. The van der Waals surface area contributed by atoms with Crippen LogP contribution < -0.4 is 0 Å². The third-order valence-corrected chi connectivity index (χ3v) is 3.12. The molecule has 0 saturated carbocycles. The molecule has 3 heteroatoms. The standard InChI is InChI=1S/C10H8OS2/c12-9-6-11-7-10(9)13-8-4-2-1-3-5-8/h1-7,12H. The summed E-state index contributed by atoms with van der Waals surface area (Å²) in [4.78, 5) is 3.13. The van der Waals surface area contributed by atoms with Crippen LogP contribution in [0.2, 0.25) is 0 Å². The number of benzene rings is 1. The molecule has 0 radical (unpaired) electrons. The molecule has 1 nitrogen and oxygen atoms in total. The fraction of sp³-hybridized carbons (Fsp3) is 0. The molecule has 0 unspecified atom stereocenters. The Bertz CT molecular complexity index is 381. The largest absolute Gasteiger partial charge is 0.470 e. The second-order valence-corrected chi connectivity index (χ2v) is 4.13. The summed E-state index contributed by atoms with van der Waals surface area (Å²) in [6, 6.07) is 10.2. The highest BCUT2D eigenvalue weighted by Crippen LogP contribution is 2.32. The second kappa shape index (κ2) is 3.94. The van der Waals surface area contributed by atoms with E-state index in [9.17, 15) is 0 Å². The van der Waals surface area contributed by atoms with Crippen LogP contribution in [0, 0.1) is 0 Å². The van der Waals surface area contributed by atoms with Gasteiger partial charge in [-0.1, -0.05) is 30.0 Å². The Balaban J connectivity index is 2.20. The number of hydrogen-bond donors (Lipinski definition) is 1. The highest BCUT2D eigenvalue weighted by molar-refractivity contribution is 7.99. The van der Waals surface area contributed by atoms with Gasteiger partial charge in [0.25, 0.3) is 0 Å². The molecule has 2 aromatic rings. The fourth-order valence-electron chi connectivity index (χ4n) is 0.971. The second-order valence-electron chi connectivity index (χ2n) is 2.54. The van der Waals surface area contributed by atoms with Gasteiger partial charge in [-0.15, -0.1) is 12.6 Å². The molecule has 0 spiro atoms. The lowest BCUT2D eigenvalue weighted by molar-refractivity contribution is 0.558. The van der Waals surface area contributed by atoms with Gasteiger partial charge >= 0.3 is 0 Å². The van der Waals surface area contributed by atoms with E-state index in [2.05, 4.69) is 24.8 Å². The van der Waals surface area contributed by atoms with Crippen molar-refractivity contribution >= 4 is 24.4 Å². The van der Waals surface area contributed by atoms with Crippen molar-refractivity contribution in [3.63, 3.8) is 0 Å². The average molecular weight is 208 g/mol. The van der Waals surface area contributed by atoms with E-state index in [0.717, 1.165) is 9.79 Å². The van der Waals surface area contributed by atoms with E-state index >= 15 is 0 Å². The van der Waals surface area contributed by atoms with E-state index < -0.39 is 0 Å². The molecule has 66 valence electrons. The summed E-state index contributed by atoms with van der Waals surface area (Å²) >= 11 is 5.92. The lowest BCUT2D eigenvalue weighted by atomic mass is 10.4. The van der Waals surface area contributed by atoms with Crippen molar-refractivity contribution < 1.29 is 4.42 Å². The lowest BCUT2D eigenvalue weighted by Crippen LogP contribution is -1.69. The number of thiol groups is 1. The number of hydrogen-bond acceptors (Lipinski definition) is 3. The third kappa shape index (κ3) is 2.11. The van der Waals surface area contributed by atoms with E-state index in [0.29, 0.717) is 0 Å². The molecule has 0 amide bonds. The molecular weight excluding hydrogens is 200 g/mol. The average Bonchev–Trinajstić information content (AvgIpc) is 2.54. The lowest BCUT2D eigenvalue weighted by Gasteiger charge is -1.97. The van der Waals surface area contributed by atoms with Crippen LogP contribution in [0.25, 0.3) is 0 Å². The van der Waals surface area contributed by atoms with Crippen LogP contribution in [0.15, 0.2) is 62.0 Å². The Morgan fingerprint density at radius 3 is 2.46 bits per heavy atom. The highest BCUT2D eigenvalue weighted by atomic mass is 32.2. The summed E-state index contributed by atoms with van der Waals surface area (Å²) < 4.78 is 5.02. The van der Waals surface area contributed by atoms with E-state index in [-0.39, 0.29) is 0 Å². The molecule has 0 bridgehead atoms. The van der Waals surface area contributed by atoms with Crippen molar-refractivity contribution in [1.29, 1.82) is 0 Å². The Kier molecular flexibility index (Phi) is 2.66. The van der Waals surface area contributed by atoms with E-state index in [1.54, 1.807) is 24.3 Å². The zero-order valence-electron chi connectivity index (χ0n) is 6.81. The third-order valence-electron chi connectivity index (χ3n) is 1.58. The summed E-state index contributed by atoms with van der Waals surface area (Å²) in [6.45, 7) is 0. The monoisotopic (exact) mass is 208 g/mol. The van der Waals surface area contributed by atoms with Crippen LogP contribution in [0.5, 0.6) is 0 Å². The molecule has 2 rings (SSSR count). The maximum Gasteiger partial charge on any atom is 0.105 e. The molecular formula is C10H8OS2. The summed E-state index contributed by atoms with van der Waals surface area (Å²) in [5, 5.41) is 0. The molecule has 0 fully saturated rings. The molecule has 0 saturated heterocycles. The molecule has 0 atom stereocenters. The zero-order valence-corrected chi connectivity index (χ0v) is 8.52. The van der Waals surface area contributed by atoms with E-state index in [4.69, 9.17) is 4.42 Å². The smallest absolute Gasteiger partial charge is 0.105 e. The van der Waals surface area contributed by atoms with Crippen LogP contribution >= 0.6 is 24.4 Å². The van der Waals surface area contributed by atoms with Gasteiger partial charge in [0.15, 0.2) is 0 Å². The van der Waals surface area contributed by atoms with Crippen LogP contribution in [0.1, 0.15) is 0 Å². The van der Waals surface area contributed by atoms with Crippen molar-refractivity contribution in [2.45, 2.75) is 14.7 Å². The first-order chi connectivity index (χ1) is 6.36. The van der Waals surface area contributed by atoms with Crippen molar-refractivity contribution in [2.24, 2.45) is 0 Å². The quantitative estimate of drug-likeness (QED) is 0.755. The Hall–Kier alpha value is -0.800. The molecule has 1 aromatic carbocycles. The maximum absolute atomic E-state index is 5.02. The minimum absolute atomic E-state index is 0.883. The predicted molar refractivity (Wildman–Crippen MR) is 56.5 cm³/mol. The molecule has 0 N–H and O–H groups in total. The topological polar surface area (TPSA) is 13.1 Å². The minimum Gasteiger partial charge on any atom is -0.470 e. The summed E-state index contributed by atoms with van der Waals surface area (Å²) in [6.07, 6.45) is 3.34. The Morgan fingerprint density at radius 2 is 1.85 bits per heavy atom. The maximum atomic E-state index is 5.02. The van der Waals surface area contributed by atoms with Crippen molar-refractivity contribution in [1.82, 2.24) is 0 Å². The molecule has 13 heavy (non-hydrogen) atoms. The van der Waals surface area contributed by atoms with E-state index in [1.165, 1.54) is 4.90 Å².